The molecule has 0 bridgehead atoms. The Bertz CT molecular complexity index is 2340. The number of carbonyl (C=O) groups is 3. The third kappa shape index (κ3) is 4.96. The maximum atomic E-state index is 12.3. The molecule has 2 aliphatic carbocycles. The molecular weight excluding hydrogens is 684 g/mol. The lowest BCUT2D eigenvalue weighted by molar-refractivity contribution is -0.141. The molecule has 2 aromatic rings. The summed E-state index contributed by atoms with van der Waals surface area (Å²) in [5.41, 5.74) is 11.1. The van der Waals surface area contributed by atoms with E-state index in [0.29, 0.717) is 11.5 Å². The summed E-state index contributed by atoms with van der Waals surface area (Å²) < 4.78 is 17.6. The van der Waals surface area contributed by atoms with Crippen molar-refractivity contribution in [3.63, 3.8) is 0 Å². The molecule has 6 aliphatic heterocycles. The van der Waals surface area contributed by atoms with Gasteiger partial charge in [0.15, 0.2) is 18.1 Å². The highest BCUT2D eigenvalue weighted by atomic mass is 16.5. The first-order valence-electron chi connectivity index (χ1n) is 18.3. The molecule has 8 aliphatic rings. The van der Waals surface area contributed by atoms with Crippen LogP contribution in [0.5, 0.6) is 0 Å². The third-order valence-corrected chi connectivity index (χ3v) is 11.6. The van der Waals surface area contributed by atoms with Gasteiger partial charge >= 0.3 is 5.97 Å². The van der Waals surface area contributed by atoms with Gasteiger partial charge in [0.25, 0.3) is 0 Å². The van der Waals surface area contributed by atoms with Crippen LogP contribution in [-0.2, 0) is 39.4 Å². The SMILES string of the molecule is CC1(C)C2=C3C=C4C=CC(=O)C(O)=C4OC3CCN2c2ccccc21.CC1(C)C2=C3C=C4C=CC(=O)C(OCC(=O)O)=C4OC3CCN2c2ccccc21. The van der Waals surface area contributed by atoms with Gasteiger partial charge in [-0.05, 0) is 59.7 Å². The van der Waals surface area contributed by atoms with E-state index >= 15 is 0 Å². The van der Waals surface area contributed by atoms with E-state index in [1.54, 1.807) is 12.2 Å². The average Bonchev–Trinajstić information content (AvgIpc) is 3.55. The standard InChI is InChI=1S/C23H21NO5.C21H19NO3/c1-23(2)15-5-3-4-6-16(15)24-10-9-18-14(22(23)24)11-13-7-8-17(25)21(20(13)29-18)28-12-19(26)27;1-21(2)14-5-3-4-6-15(14)22-10-9-17-13(20(21)22)11-12-7-8-16(23)18(24)19(12)25-17/h3-8,11,18H,9-10,12H2,1-2H3,(H,26,27);3-8,11,17,24H,9-10H2,1-2H3. The molecule has 0 saturated heterocycles. The molecule has 0 saturated carbocycles. The van der Waals surface area contributed by atoms with Crippen molar-refractivity contribution in [1.29, 1.82) is 0 Å². The Morgan fingerprint density at radius 1 is 0.741 bits per heavy atom. The van der Waals surface area contributed by atoms with E-state index in [2.05, 4.69) is 98.2 Å². The summed E-state index contributed by atoms with van der Waals surface area (Å²) in [5.74, 6) is -1.55. The van der Waals surface area contributed by atoms with Gasteiger partial charge in [0, 0.05) is 81.8 Å². The fourth-order valence-electron chi connectivity index (χ4n) is 9.31. The molecule has 10 rings (SSSR count). The Labute approximate surface area is 313 Å². The van der Waals surface area contributed by atoms with Crippen molar-refractivity contribution in [2.75, 3.05) is 29.5 Å². The first-order valence-corrected chi connectivity index (χ1v) is 18.3. The minimum atomic E-state index is -1.14. The molecule has 2 atom stereocenters. The second-order valence-electron chi connectivity index (χ2n) is 15.6. The Morgan fingerprint density at radius 3 is 1.76 bits per heavy atom. The summed E-state index contributed by atoms with van der Waals surface area (Å²) >= 11 is 0. The molecule has 274 valence electrons. The maximum Gasteiger partial charge on any atom is 0.341 e. The van der Waals surface area contributed by atoms with E-state index in [1.165, 1.54) is 46.0 Å². The number of ketones is 2. The zero-order chi connectivity index (χ0) is 37.7. The Hall–Kier alpha value is -6.03. The van der Waals surface area contributed by atoms with Crippen LogP contribution in [0.3, 0.4) is 0 Å². The van der Waals surface area contributed by atoms with Crippen LogP contribution in [0.2, 0.25) is 0 Å². The smallest absolute Gasteiger partial charge is 0.341 e. The molecule has 2 N–H and O–H groups in total. The summed E-state index contributed by atoms with van der Waals surface area (Å²) in [4.78, 5) is 39.7. The van der Waals surface area contributed by atoms with Crippen molar-refractivity contribution in [1.82, 2.24) is 0 Å². The number of para-hydroxylation sites is 2. The fraction of sp³-hybridized carbons (Fsp3) is 0.295. The van der Waals surface area contributed by atoms with Crippen LogP contribution in [0.4, 0.5) is 11.4 Å². The normalized spacial score (nSPS) is 24.7. The highest BCUT2D eigenvalue weighted by Gasteiger charge is 2.48. The monoisotopic (exact) mass is 724 g/mol. The average molecular weight is 725 g/mol. The lowest BCUT2D eigenvalue weighted by Gasteiger charge is -2.40. The molecule has 54 heavy (non-hydrogen) atoms. The molecule has 2 aromatic carbocycles. The lowest BCUT2D eigenvalue weighted by Crippen LogP contribution is -2.40. The molecule has 0 spiro atoms. The second-order valence-corrected chi connectivity index (χ2v) is 15.6. The number of hydrogen-bond donors (Lipinski definition) is 2. The second kappa shape index (κ2) is 12.0. The molecule has 0 radical (unpaired) electrons. The maximum absolute atomic E-state index is 12.3. The van der Waals surface area contributed by atoms with Crippen LogP contribution >= 0.6 is 0 Å². The number of carboxylic acids is 1. The number of rotatable bonds is 3. The molecule has 2 unspecified atom stereocenters. The van der Waals surface area contributed by atoms with Gasteiger partial charge in [0.1, 0.15) is 12.2 Å². The first kappa shape index (κ1) is 33.8. The number of allylic oxidation sites excluding steroid dienone is 6. The quantitative estimate of drug-likeness (QED) is 0.346. The lowest BCUT2D eigenvalue weighted by atomic mass is 9.79. The van der Waals surface area contributed by atoms with Gasteiger partial charge in [0.05, 0.1) is 0 Å². The number of benzene rings is 2. The molecule has 6 heterocycles. The van der Waals surface area contributed by atoms with Crippen molar-refractivity contribution in [3.05, 3.63) is 153 Å². The number of nitrogens with zero attached hydrogens (tertiary/aromatic N) is 2. The minimum Gasteiger partial charge on any atom is -0.502 e. The number of carbonyl (C=O) groups excluding carboxylic acids is 2. The number of aliphatic carboxylic acids is 1. The molecular formula is C44H40N2O8. The van der Waals surface area contributed by atoms with Gasteiger partial charge in [0.2, 0.25) is 23.1 Å². The van der Waals surface area contributed by atoms with Gasteiger partial charge in [-0.2, -0.15) is 0 Å². The summed E-state index contributed by atoms with van der Waals surface area (Å²) in [5, 5.41) is 19.0. The Kier molecular flexibility index (Phi) is 7.50. The van der Waals surface area contributed by atoms with Crippen molar-refractivity contribution >= 4 is 28.9 Å². The van der Waals surface area contributed by atoms with Gasteiger partial charge in [-0.3, -0.25) is 9.59 Å². The van der Waals surface area contributed by atoms with E-state index in [0.717, 1.165) is 48.2 Å². The Morgan fingerprint density at radius 2 is 1.22 bits per heavy atom. The predicted molar refractivity (Wildman–Crippen MR) is 201 cm³/mol. The minimum absolute atomic E-state index is 0.0263. The van der Waals surface area contributed by atoms with Crippen LogP contribution in [0.25, 0.3) is 0 Å². The van der Waals surface area contributed by atoms with Gasteiger partial charge in [-0.15, -0.1) is 0 Å². The van der Waals surface area contributed by atoms with Crippen LogP contribution in [-0.4, -0.2) is 59.7 Å². The molecule has 0 fully saturated rings. The number of carboxylic acid groups (broad SMARTS) is 1. The summed E-state index contributed by atoms with van der Waals surface area (Å²) in [6.07, 6.45) is 11.6. The molecule has 0 aromatic heterocycles. The highest BCUT2D eigenvalue weighted by Crippen LogP contribution is 2.54. The number of aliphatic hydroxyl groups is 1. The number of anilines is 2. The van der Waals surface area contributed by atoms with E-state index < -0.39 is 18.4 Å². The van der Waals surface area contributed by atoms with E-state index in [-0.39, 0.29) is 40.3 Å². The highest BCUT2D eigenvalue weighted by molar-refractivity contribution is 6.06. The third-order valence-electron chi connectivity index (χ3n) is 11.6. The van der Waals surface area contributed by atoms with E-state index in [4.69, 9.17) is 19.3 Å². The van der Waals surface area contributed by atoms with Crippen molar-refractivity contribution in [3.8, 4) is 0 Å². The van der Waals surface area contributed by atoms with Gasteiger partial charge in [-0.1, -0.05) is 64.1 Å². The number of fused-ring (bicyclic) bond motifs is 10. The number of aliphatic hydroxyl groups excluding tert-OH is 1. The van der Waals surface area contributed by atoms with Gasteiger partial charge < -0.3 is 34.2 Å². The zero-order valence-corrected chi connectivity index (χ0v) is 30.5. The van der Waals surface area contributed by atoms with E-state index in [9.17, 15) is 19.5 Å². The van der Waals surface area contributed by atoms with Crippen molar-refractivity contribution in [2.45, 2.75) is 63.6 Å². The summed E-state index contributed by atoms with van der Waals surface area (Å²) in [6.45, 7) is 10.0. The zero-order valence-electron chi connectivity index (χ0n) is 30.5. The van der Waals surface area contributed by atoms with Crippen LogP contribution in [0.1, 0.15) is 51.7 Å². The fourth-order valence-corrected chi connectivity index (χ4v) is 9.31. The van der Waals surface area contributed by atoms with Gasteiger partial charge in [-0.25, -0.2) is 4.79 Å². The largest absolute Gasteiger partial charge is 0.502 e. The van der Waals surface area contributed by atoms with Crippen LogP contribution < -0.4 is 9.80 Å². The Balaban J connectivity index is 0.000000144. The topological polar surface area (TPSA) is 126 Å². The number of ether oxygens (including phenoxy) is 3. The van der Waals surface area contributed by atoms with Crippen LogP contribution in [0.15, 0.2) is 142 Å². The van der Waals surface area contributed by atoms with E-state index in [1.807, 2.05) is 0 Å². The molecule has 0 amide bonds. The van der Waals surface area contributed by atoms with Crippen LogP contribution in [0, 0.1) is 0 Å². The molecule has 10 nitrogen and oxygen atoms in total. The summed E-state index contributed by atoms with van der Waals surface area (Å²) in [6, 6.07) is 17.0. The predicted octanol–water partition coefficient (Wildman–Crippen LogP) is 6.89. The van der Waals surface area contributed by atoms with Crippen molar-refractivity contribution < 1.29 is 38.8 Å². The molecule has 10 heteroatoms. The summed E-state index contributed by atoms with van der Waals surface area (Å²) in [7, 11) is 0. The first-order chi connectivity index (χ1) is 25.9. The number of hydrogen-bond acceptors (Lipinski definition) is 9. The van der Waals surface area contributed by atoms with Crippen molar-refractivity contribution in [2.24, 2.45) is 0 Å².